The third-order valence-corrected chi connectivity index (χ3v) is 4.05. The summed E-state index contributed by atoms with van der Waals surface area (Å²) >= 11 is 0. The average molecular weight is 324 g/mol. The molecule has 0 saturated carbocycles. The van der Waals surface area contributed by atoms with Gasteiger partial charge in [-0.3, -0.25) is 0 Å². The van der Waals surface area contributed by atoms with Crippen molar-refractivity contribution >= 4 is 0 Å². The monoisotopic (exact) mass is 324 g/mol. The summed E-state index contributed by atoms with van der Waals surface area (Å²) in [5.41, 5.74) is 2.63. The van der Waals surface area contributed by atoms with E-state index in [4.69, 9.17) is 0 Å². The molecule has 22 heavy (non-hydrogen) atoms. The Labute approximate surface area is 147 Å². The maximum absolute atomic E-state index is 11.3. The second-order valence-corrected chi connectivity index (χ2v) is 5.68. The van der Waals surface area contributed by atoms with Gasteiger partial charge in [-0.1, -0.05) is 78.9 Å². The van der Waals surface area contributed by atoms with Crippen molar-refractivity contribution in [1.29, 1.82) is 0 Å². The summed E-state index contributed by atoms with van der Waals surface area (Å²) < 4.78 is 0. The predicted molar refractivity (Wildman–Crippen MR) is 87.1 cm³/mol. The Bertz CT molecular complexity index is 602. The zero-order valence-corrected chi connectivity index (χ0v) is 14.1. The van der Waals surface area contributed by atoms with E-state index in [1.165, 1.54) is 11.1 Å². The summed E-state index contributed by atoms with van der Waals surface area (Å²) in [5.74, 6) is 0. The summed E-state index contributed by atoms with van der Waals surface area (Å²) in [6.45, 7) is 0. The molecule has 1 aliphatic carbocycles. The summed E-state index contributed by atoms with van der Waals surface area (Å²) in [4.78, 5) is 0. The van der Waals surface area contributed by atoms with E-state index in [0.717, 1.165) is 12.0 Å². The molecule has 1 nitrogen and oxygen atoms in total. The van der Waals surface area contributed by atoms with Crippen LogP contribution in [0, 0.1) is 0 Å². The van der Waals surface area contributed by atoms with Gasteiger partial charge in [-0.05, 0) is 23.1 Å². The van der Waals surface area contributed by atoms with Crippen LogP contribution in [0.2, 0.25) is 0 Å². The molecule has 2 heteroatoms. The SMILES string of the molecule is OC(Cc1ccccc1)(Cc1ccccc1)C1=CC=CC1.[Ti]. The topological polar surface area (TPSA) is 20.2 Å². The molecule has 2 aromatic carbocycles. The molecule has 0 aliphatic heterocycles. The van der Waals surface area contributed by atoms with Crippen LogP contribution in [0.25, 0.3) is 0 Å². The van der Waals surface area contributed by atoms with Gasteiger partial charge in [0.05, 0.1) is 5.60 Å². The van der Waals surface area contributed by atoms with Crippen LogP contribution in [-0.2, 0) is 34.6 Å². The van der Waals surface area contributed by atoms with E-state index in [2.05, 4.69) is 36.4 Å². The van der Waals surface area contributed by atoms with Crippen molar-refractivity contribution < 1.29 is 26.8 Å². The minimum absolute atomic E-state index is 0. The Morgan fingerprint density at radius 3 is 1.73 bits per heavy atom. The zero-order chi connectivity index (χ0) is 14.5. The van der Waals surface area contributed by atoms with E-state index in [0.29, 0.717) is 12.8 Å². The number of hydrogen-bond acceptors (Lipinski definition) is 1. The first-order valence-electron chi connectivity index (χ1n) is 7.43. The molecule has 0 fully saturated rings. The minimum Gasteiger partial charge on any atom is -0.385 e. The second-order valence-electron chi connectivity index (χ2n) is 5.68. The Morgan fingerprint density at radius 1 is 0.818 bits per heavy atom. The molecular weight excluding hydrogens is 304 g/mol. The molecule has 1 N–H and O–H groups in total. The molecule has 0 spiro atoms. The third-order valence-electron chi connectivity index (χ3n) is 4.05. The van der Waals surface area contributed by atoms with Gasteiger partial charge in [0.1, 0.15) is 0 Å². The van der Waals surface area contributed by atoms with Crippen LogP contribution in [0.5, 0.6) is 0 Å². The van der Waals surface area contributed by atoms with Crippen molar-refractivity contribution in [2.24, 2.45) is 0 Å². The smallest absolute Gasteiger partial charge is 0.0943 e. The van der Waals surface area contributed by atoms with E-state index in [9.17, 15) is 5.11 Å². The third kappa shape index (κ3) is 4.07. The zero-order valence-electron chi connectivity index (χ0n) is 12.6. The molecule has 0 saturated heterocycles. The fourth-order valence-corrected chi connectivity index (χ4v) is 2.95. The average Bonchev–Trinajstić information content (AvgIpc) is 3.04. The van der Waals surface area contributed by atoms with Gasteiger partial charge in [0, 0.05) is 34.6 Å². The largest absolute Gasteiger partial charge is 0.385 e. The van der Waals surface area contributed by atoms with Crippen LogP contribution < -0.4 is 0 Å². The minimum atomic E-state index is -0.813. The van der Waals surface area contributed by atoms with Gasteiger partial charge in [-0.15, -0.1) is 0 Å². The molecule has 0 heterocycles. The van der Waals surface area contributed by atoms with Crippen molar-refractivity contribution in [2.75, 3.05) is 0 Å². The van der Waals surface area contributed by atoms with Gasteiger partial charge in [-0.25, -0.2) is 0 Å². The number of benzene rings is 2. The first kappa shape index (κ1) is 17.0. The number of rotatable bonds is 5. The Kier molecular flexibility index (Phi) is 5.96. The van der Waals surface area contributed by atoms with Gasteiger partial charge in [-0.2, -0.15) is 0 Å². The Hall–Kier alpha value is -1.41. The Morgan fingerprint density at radius 2 is 1.32 bits per heavy atom. The van der Waals surface area contributed by atoms with Crippen LogP contribution in [0.15, 0.2) is 84.5 Å². The van der Waals surface area contributed by atoms with Gasteiger partial charge < -0.3 is 5.11 Å². The molecule has 0 amide bonds. The van der Waals surface area contributed by atoms with Crippen molar-refractivity contribution in [3.8, 4) is 0 Å². The Balaban J connectivity index is 0.00000176. The van der Waals surface area contributed by atoms with Crippen LogP contribution in [0.4, 0.5) is 0 Å². The number of aliphatic hydroxyl groups is 1. The molecule has 110 valence electrons. The van der Waals surface area contributed by atoms with Crippen molar-refractivity contribution in [1.82, 2.24) is 0 Å². The number of allylic oxidation sites excluding steroid dienone is 3. The van der Waals surface area contributed by atoms with Crippen LogP contribution >= 0.6 is 0 Å². The maximum Gasteiger partial charge on any atom is 0.0943 e. The molecule has 0 bridgehead atoms. The van der Waals surface area contributed by atoms with E-state index in [-0.39, 0.29) is 21.7 Å². The summed E-state index contributed by atoms with van der Waals surface area (Å²) in [5, 5.41) is 11.3. The van der Waals surface area contributed by atoms with Crippen LogP contribution in [-0.4, -0.2) is 10.7 Å². The second kappa shape index (κ2) is 7.74. The van der Waals surface area contributed by atoms with Gasteiger partial charge in [0.2, 0.25) is 0 Å². The van der Waals surface area contributed by atoms with Crippen LogP contribution in [0.3, 0.4) is 0 Å². The summed E-state index contributed by atoms with van der Waals surface area (Å²) in [7, 11) is 0. The molecule has 2 aromatic rings. The number of hydrogen-bond donors (Lipinski definition) is 1. The fraction of sp³-hybridized carbons (Fsp3) is 0.200. The molecule has 1 aliphatic rings. The summed E-state index contributed by atoms with van der Waals surface area (Å²) in [6, 6.07) is 20.5. The molecule has 0 unspecified atom stereocenters. The van der Waals surface area contributed by atoms with Crippen molar-refractivity contribution in [3.63, 3.8) is 0 Å². The summed E-state index contributed by atoms with van der Waals surface area (Å²) in [6.07, 6.45) is 8.35. The molecule has 3 rings (SSSR count). The quantitative estimate of drug-likeness (QED) is 0.822. The van der Waals surface area contributed by atoms with E-state index >= 15 is 0 Å². The first-order chi connectivity index (χ1) is 10.3. The van der Waals surface area contributed by atoms with Crippen molar-refractivity contribution in [2.45, 2.75) is 24.9 Å². The van der Waals surface area contributed by atoms with E-state index in [1.807, 2.05) is 42.5 Å². The maximum atomic E-state index is 11.3. The molecule has 0 atom stereocenters. The molecule has 0 aromatic heterocycles. The van der Waals surface area contributed by atoms with Gasteiger partial charge in [0.25, 0.3) is 0 Å². The van der Waals surface area contributed by atoms with E-state index in [1.54, 1.807) is 0 Å². The molecule has 0 radical (unpaired) electrons. The fourth-order valence-electron chi connectivity index (χ4n) is 2.95. The van der Waals surface area contributed by atoms with Crippen LogP contribution in [0.1, 0.15) is 17.5 Å². The normalized spacial score (nSPS) is 13.6. The molecular formula is C20H20OTi. The van der Waals surface area contributed by atoms with Gasteiger partial charge in [0.15, 0.2) is 0 Å². The van der Waals surface area contributed by atoms with Crippen molar-refractivity contribution in [3.05, 3.63) is 95.6 Å². The van der Waals surface area contributed by atoms with Gasteiger partial charge >= 0.3 is 0 Å². The first-order valence-corrected chi connectivity index (χ1v) is 7.43. The predicted octanol–water partition coefficient (Wildman–Crippen LogP) is 4.09. The standard InChI is InChI=1S/C20H20O.Ti/c21-20(19-13-7-8-14-19,15-17-9-3-1-4-10-17)16-18-11-5-2-6-12-18;/h1-13,21H,14-16H2;. The van der Waals surface area contributed by atoms with E-state index < -0.39 is 5.60 Å².